The zero-order valence-corrected chi connectivity index (χ0v) is 10.8. The summed E-state index contributed by atoms with van der Waals surface area (Å²) < 4.78 is 44.2. The van der Waals surface area contributed by atoms with Gasteiger partial charge in [-0.3, -0.25) is 0 Å². The first-order chi connectivity index (χ1) is 8.38. The largest absolute Gasteiger partial charge is 0.344 e. The van der Waals surface area contributed by atoms with Gasteiger partial charge >= 0.3 is 9.84 Å². The van der Waals surface area contributed by atoms with Crippen molar-refractivity contribution in [3.8, 4) is 22.3 Å². The van der Waals surface area contributed by atoms with Crippen LogP contribution in [0.5, 0.6) is 0 Å². The van der Waals surface area contributed by atoms with E-state index in [4.69, 9.17) is 0 Å². The van der Waals surface area contributed by atoms with Crippen LogP contribution in [0.2, 0.25) is 0 Å². The summed E-state index contributed by atoms with van der Waals surface area (Å²) in [5.41, 5.74) is 0.884. The molecule has 18 heavy (non-hydrogen) atoms. The second-order valence-corrected chi connectivity index (χ2v) is 7.40. The molecule has 0 amide bonds. The van der Waals surface area contributed by atoms with E-state index in [1.54, 1.807) is 24.3 Å². The lowest BCUT2D eigenvalue weighted by atomic mass is 10.1. The van der Waals surface area contributed by atoms with Gasteiger partial charge in [-0.2, -0.15) is 4.21 Å². The molecule has 1 N–H and O–H groups in total. The third-order valence-electron chi connectivity index (χ3n) is 2.24. The molecule has 0 aliphatic carbocycles. The van der Waals surface area contributed by atoms with E-state index >= 15 is 0 Å². The van der Waals surface area contributed by atoms with Gasteiger partial charge in [0.15, 0.2) is 0 Å². The fourth-order valence-electron chi connectivity index (χ4n) is 1.29. The minimum Gasteiger partial charge on any atom is -0.217 e. The van der Waals surface area contributed by atoms with Gasteiger partial charge < -0.3 is 0 Å². The van der Waals surface area contributed by atoms with Gasteiger partial charge in [0.25, 0.3) is 0 Å². The van der Waals surface area contributed by atoms with Gasteiger partial charge in [-0.05, 0) is 24.0 Å². The number of benzene rings is 1. The van der Waals surface area contributed by atoms with Gasteiger partial charge in [-0.25, -0.2) is 12.6 Å². The van der Waals surface area contributed by atoms with Crippen molar-refractivity contribution in [1.82, 2.24) is 0 Å². The Morgan fingerprint density at radius 1 is 0.944 bits per heavy atom. The fraction of sp³-hybridized carbons (Fsp3) is 0.167. The third kappa shape index (κ3) is 3.13. The Hall–Kier alpha value is -1.76. The highest BCUT2D eigenvalue weighted by Gasteiger charge is 2.19. The van der Waals surface area contributed by atoms with Crippen LogP contribution in [0.3, 0.4) is 0 Å². The Morgan fingerprint density at radius 3 is 2.11 bits per heavy atom. The van der Waals surface area contributed by atoms with E-state index in [1.165, 1.54) is 0 Å². The number of hydrogen-bond acceptors (Lipinski definition) is 3. The molecular weight excluding hydrogens is 272 g/mol. The van der Waals surface area contributed by atoms with Crippen LogP contribution in [0.1, 0.15) is 11.1 Å². The summed E-state index contributed by atoms with van der Waals surface area (Å²) in [6.07, 6.45) is 0. The van der Waals surface area contributed by atoms with Crippen LogP contribution in [-0.4, -0.2) is 28.3 Å². The van der Waals surface area contributed by atoms with Crippen molar-refractivity contribution in [2.24, 2.45) is 0 Å². The quantitative estimate of drug-likeness (QED) is 0.507. The van der Waals surface area contributed by atoms with E-state index in [-0.39, 0.29) is 0 Å². The van der Waals surface area contributed by atoms with Crippen LogP contribution in [0.25, 0.3) is 0 Å². The minimum atomic E-state index is -3.66. The predicted octanol–water partition coefficient (Wildman–Crippen LogP) is 0.305. The normalized spacial score (nSPS) is 24.7. The van der Waals surface area contributed by atoms with Crippen LogP contribution >= 0.6 is 0 Å². The molecule has 0 radical (unpaired) electrons. The Bertz CT molecular complexity index is 739. The van der Waals surface area contributed by atoms with Crippen LogP contribution in [-0.2, 0) is 19.7 Å². The summed E-state index contributed by atoms with van der Waals surface area (Å²) >= 11 is 0. The lowest BCUT2D eigenvalue weighted by Crippen LogP contribution is -2.14. The maximum atomic E-state index is 11.6. The maximum Gasteiger partial charge on any atom is 0.344 e. The van der Waals surface area contributed by atoms with Crippen LogP contribution < -0.4 is 0 Å². The predicted molar refractivity (Wildman–Crippen MR) is 68.9 cm³/mol. The molecule has 0 fully saturated rings. The van der Waals surface area contributed by atoms with E-state index in [0.29, 0.717) is 11.1 Å². The number of fused-ring (bicyclic) bond motifs is 1. The minimum absolute atomic E-state index is 0.417. The molecule has 1 unspecified atom stereocenters. The molecule has 0 aromatic heterocycles. The molecule has 1 aliphatic rings. The number of hydrogen-bond donors (Lipinski definition) is 0. The molecule has 0 spiro atoms. The van der Waals surface area contributed by atoms with E-state index in [1.807, 2.05) is 0 Å². The Balaban J connectivity index is 2.70. The number of sulfone groups is 1. The molecule has 1 atom stereocenters. The molecule has 92 valence electrons. The molecule has 0 saturated heterocycles. The Labute approximate surface area is 106 Å². The van der Waals surface area contributed by atoms with Crippen molar-refractivity contribution in [2.75, 3.05) is 11.5 Å². The average molecular weight is 281 g/mol. The lowest BCUT2D eigenvalue weighted by molar-refractivity contribution is 0.603. The SMILES string of the molecule is O=S1(=O)C#Cc2ccccc2C#CS(=O)(=[OH+])CC1. The monoisotopic (exact) mass is 281 g/mol. The molecule has 1 aliphatic heterocycles. The topological polar surface area (TPSA) is 72.6 Å². The van der Waals surface area contributed by atoms with Crippen molar-refractivity contribution >= 4 is 19.7 Å². The summed E-state index contributed by atoms with van der Waals surface area (Å²) in [4.78, 5) is 0. The van der Waals surface area contributed by atoms with Crippen LogP contribution in [0, 0.1) is 22.3 Å². The average Bonchev–Trinajstić information content (AvgIpc) is 2.32. The number of rotatable bonds is 0. The smallest absolute Gasteiger partial charge is 0.217 e. The van der Waals surface area contributed by atoms with E-state index in [2.05, 4.69) is 22.3 Å². The van der Waals surface area contributed by atoms with Crippen molar-refractivity contribution in [3.05, 3.63) is 35.4 Å². The van der Waals surface area contributed by atoms with E-state index in [9.17, 15) is 16.8 Å². The van der Waals surface area contributed by atoms with E-state index in [0.717, 1.165) is 0 Å². The standard InChI is InChI=1S/C12H8O4S2/c13-17(14)7-5-11-3-1-2-4-12(11)6-8-18(15,16)10-9-17/h1-4H,9-10H2/p+1. The zero-order valence-electron chi connectivity index (χ0n) is 9.21. The molecule has 1 aromatic rings. The molecule has 4 nitrogen and oxygen atoms in total. The highest BCUT2D eigenvalue weighted by atomic mass is 32.2. The molecule has 1 heterocycles. The first-order valence-electron chi connectivity index (χ1n) is 5.00. The summed E-state index contributed by atoms with van der Waals surface area (Å²) in [6.45, 7) is 0. The molecule has 0 saturated carbocycles. The van der Waals surface area contributed by atoms with Gasteiger partial charge in [0.1, 0.15) is 5.75 Å². The van der Waals surface area contributed by atoms with Gasteiger partial charge in [0.2, 0.25) is 9.84 Å². The lowest BCUT2D eigenvalue weighted by Gasteiger charge is -1.97. The van der Waals surface area contributed by atoms with E-state index < -0.39 is 31.2 Å². The fourth-order valence-corrected chi connectivity index (χ4v) is 3.81. The second kappa shape index (κ2) is 4.49. The van der Waals surface area contributed by atoms with Gasteiger partial charge in [0.05, 0.1) is 11.0 Å². The van der Waals surface area contributed by atoms with Crippen LogP contribution in [0.4, 0.5) is 0 Å². The maximum absolute atomic E-state index is 11.6. The third-order valence-corrected chi connectivity index (χ3v) is 4.83. The Kier molecular flexibility index (Phi) is 3.16. The van der Waals surface area contributed by atoms with Gasteiger partial charge in [-0.1, -0.05) is 12.1 Å². The summed E-state index contributed by atoms with van der Waals surface area (Å²) in [7, 11) is -7.12. The van der Waals surface area contributed by atoms with Crippen molar-refractivity contribution < 1.29 is 16.8 Å². The van der Waals surface area contributed by atoms with Crippen molar-refractivity contribution in [3.63, 3.8) is 0 Å². The highest BCUT2D eigenvalue weighted by Crippen LogP contribution is 2.07. The zero-order chi connectivity index (χ0) is 13.2. The summed E-state index contributed by atoms with van der Waals surface area (Å²) in [5, 5.41) is 4.36. The highest BCUT2D eigenvalue weighted by molar-refractivity contribution is 7.99. The van der Waals surface area contributed by atoms with Crippen molar-refractivity contribution in [2.45, 2.75) is 0 Å². The van der Waals surface area contributed by atoms with Gasteiger partial charge in [0, 0.05) is 16.4 Å². The molecule has 0 bridgehead atoms. The molecule has 6 heteroatoms. The Morgan fingerprint density at radius 2 is 1.50 bits per heavy atom. The molecule has 2 rings (SSSR count). The van der Waals surface area contributed by atoms with Crippen molar-refractivity contribution in [1.29, 1.82) is 0 Å². The van der Waals surface area contributed by atoms with Crippen LogP contribution in [0.15, 0.2) is 24.3 Å². The summed E-state index contributed by atoms with van der Waals surface area (Å²) in [5.74, 6) is 4.23. The first-order valence-corrected chi connectivity index (χ1v) is 8.33. The molecular formula is C12H9O4S2+. The van der Waals surface area contributed by atoms with Gasteiger partial charge in [-0.15, -0.1) is 0 Å². The second-order valence-electron chi connectivity index (χ2n) is 3.66. The molecule has 1 aromatic carbocycles. The summed E-state index contributed by atoms with van der Waals surface area (Å²) in [6, 6.07) is 6.65. The first kappa shape index (κ1) is 12.7.